The fourth-order valence-electron chi connectivity index (χ4n) is 2.67. The van der Waals surface area contributed by atoms with Gasteiger partial charge in [0, 0.05) is 16.8 Å². The van der Waals surface area contributed by atoms with E-state index in [-0.39, 0.29) is 0 Å². The molecular weight excluding hydrogens is 326 g/mol. The summed E-state index contributed by atoms with van der Waals surface area (Å²) >= 11 is 7.17. The minimum atomic E-state index is -3.51. The lowest BCUT2D eigenvalue weighted by molar-refractivity contribution is 0.545. The normalized spacial score (nSPS) is 18.6. The third-order valence-corrected chi connectivity index (χ3v) is 6.95. The van der Waals surface area contributed by atoms with Crippen LogP contribution in [-0.4, -0.2) is 15.0 Å². The van der Waals surface area contributed by atoms with Crippen LogP contribution in [0.5, 0.6) is 0 Å². The molecule has 1 atom stereocenters. The van der Waals surface area contributed by atoms with Crippen molar-refractivity contribution in [3.63, 3.8) is 0 Å². The largest absolute Gasteiger partial charge is 0.266 e. The van der Waals surface area contributed by atoms with Crippen molar-refractivity contribution < 1.29 is 8.42 Å². The molecular formula is C15H16ClNO2S2. The van der Waals surface area contributed by atoms with Crippen molar-refractivity contribution in [2.75, 3.05) is 10.8 Å². The van der Waals surface area contributed by atoms with Crippen molar-refractivity contribution in [2.45, 2.75) is 24.1 Å². The van der Waals surface area contributed by atoms with Gasteiger partial charge in [-0.15, -0.1) is 22.9 Å². The zero-order valence-electron chi connectivity index (χ0n) is 11.6. The van der Waals surface area contributed by atoms with Crippen molar-refractivity contribution in [1.29, 1.82) is 0 Å². The summed E-state index contributed by atoms with van der Waals surface area (Å²) in [7, 11) is -3.51. The summed E-state index contributed by atoms with van der Waals surface area (Å²) in [5, 5.41) is 1.68. The molecule has 0 saturated carbocycles. The van der Waals surface area contributed by atoms with E-state index < -0.39 is 10.0 Å². The topological polar surface area (TPSA) is 37.4 Å². The Bertz CT molecular complexity index is 755. The first kappa shape index (κ1) is 14.9. The molecule has 0 spiro atoms. The van der Waals surface area contributed by atoms with Gasteiger partial charge in [-0.2, -0.15) is 0 Å². The molecule has 3 rings (SSSR count). The molecule has 2 heterocycles. The number of halogens is 1. The van der Waals surface area contributed by atoms with Gasteiger partial charge in [0.05, 0.1) is 16.5 Å². The van der Waals surface area contributed by atoms with Crippen LogP contribution in [0.2, 0.25) is 0 Å². The van der Waals surface area contributed by atoms with Gasteiger partial charge < -0.3 is 0 Å². The summed E-state index contributed by atoms with van der Waals surface area (Å²) in [5.74, 6) is 0.647. The molecule has 0 radical (unpaired) electrons. The zero-order chi connectivity index (χ0) is 15.0. The van der Waals surface area contributed by atoms with E-state index in [9.17, 15) is 8.42 Å². The quantitative estimate of drug-likeness (QED) is 0.795. The van der Waals surface area contributed by atoms with Crippen molar-refractivity contribution in [3.8, 4) is 0 Å². The van der Waals surface area contributed by atoms with Crippen LogP contribution in [0.25, 0.3) is 0 Å². The highest BCUT2D eigenvalue weighted by molar-refractivity contribution is 7.93. The standard InChI is InChI=1S/C15H16ClNO2S2/c1-11-6-12-4-2-3-5-15(12)17(9-11)21(18,19)14-7-13(8-16)20-10-14/h2-5,7,10-11H,6,8-9H2,1H3. The van der Waals surface area contributed by atoms with Gasteiger partial charge in [0.15, 0.2) is 0 Å². The Morgan fingerprint density at radius 3 is 2.86 bits per heavy atom. The number of fused-ring (bicyclic) bond motifs is 1. The summed E-state index contributed by atoms with van der Waals surface area (Å²) in [5.41, 5.74) is 1.89. The number of hydrogen-bond donors (Lipinski definition) is 0. The van der Waals surface area contributed by atoms with E-state index in [0.29, 0.717) is 23.2 Å². The van der Waals surface area contributed by atoms with Crippen LogP contribution in [0.3, 0.4) is 0 Å². The van der Waals surface area contributed by atoms with Gasteiger partial charge in [0.1, 0.15) is 0 Å². The minimum absolute atomic E-state index is 0.306. The lowest BCUT2D eigenvalue weighted by Gasteiger charge is -2.33. The maximum atomic E-state index is 12.9. The predicted octanol–water partition coefficient (Wildman–Crippen LogP) is 3.87. The van der Waals surface area contributed by atoms with Gasteiger partial charge >= 0.3 is 0 Å². The Morgan fingerprint density at radius 1 is 1.38 bits per heavy atom. The van der Waals surface area contributed by atoms with E-state index in [1.54, 1.807) is 11.4 Å². The second-order valence-corrected chi connectivity index (χ2v) is 8.48. The van der Waals surface area contributed by atoms with Crippen LogP contribution in [0.4, 0.5) is 5.69 Å². The molecule has 0 bridgehead atoms. The van der Waals surface area contributed by atoms with Gasteiger partial charge in [0.25, 0.3) is 10.0 Å². The van der Waals surface area contributed by atoms with Crippen LogP contribution >= 0.6 is 22.9 Å². The number of benzene rings is 1. The highest BCUT2D eigenvalue weighted by Crippen LogP contribution is 2.34. The Morgan fingerprint density at radius 2 is 2.14 bits per heavy atom. The van der Waals surface area contributed by atoms with Gasteiger partial charge in [-0.1, -0.05) is 25.1 Å². The number of sulfonamides is 1. The van der Waals surface area contributed by atoms with Crippen molar-refractivity contribution in [2.24, 2.45) is 5.92 Å². The highest BCUT2D eigenvalue weighted by atomic mass is 35.5. The van der Waals surface area contributed by atoms with E-state index in [4.69, 9.17) is 11.6 Å². The zero-order valence-corrected chi connectivity index (χ0v) is 14.0. The van der Waals surface area contributed by atoms with E-state index in [1.807, 2.05) is 24.3 Å². The Kier molecular flexibility index (Phi) is 3.99. The molecule has 21 heavy (non-hydrogen) atoms. The summed E-state index contributed by atoms with van der Waals surface area (Å²) in [6, 6.07) is 9.40. The van der Waals surface area contributed by atoms with E-state index in [2.05, 4.69) is 6.92 Å². The first-order valence-electron chi connectivity index (χ1n) is 6.76. The lowest BCUT2D eigenvalue weighted by Crippen LogP contribution is -2.39. The number of alkyl halides is 1. The molecule has 0 saturated heterocycles. The Balaban J connectivity index is 2.07. The SMILES string of the molecule is CC1Cc2ccccc2N(S(=O)(=O)c2csc(CCl)c2)C1. The second-order valence-electron chi connectivity index (χ2n) is 5.36. The molecule has 0 N–H and O–H groups in total. The third kappa shape index (κ3) is 2.70. The van der Waals surface area contributed by atoms with Gasteiger partial charge in [-0.25, -0.2) is 8.42 Å². The third-order valence-electron chi connectivity index (χ3n) is 3.66. The van der Waals surface area contributed by atoms with Gasteiger partial charge in [-0.3, -0.25) is 4.31 Å². The lowest BCUT2D eigenvalue weighted by atomic mass is 9.96. The molecule has 2 aromatic rings. The number of para-hydroxylation sites is 1. The summed E-state index contributed by atoms with van der Waals surface area (Å²) in [4.78, 5) is 1.21. The molecule has 0 fully saturated rings. The predicted molar refractivity (Wildman–Crippen MR) is 87.7 cm³/mol. The molecule has 112 valence electrons. The maximum absolute atomic E-state index is 12.9. The molecule has 0 amide bonds. The van der Waals surface area contributed by atoms with Crippen molar-refractivity contribution in [1.82, 2.24) is 0 Å². The summed E-state index contributed by atoms with van der Waals surface area (Å²) in [6.45, 7) is 2.60. The fourth-order valence-corrected chi connectivity index (χ4v) is 5.67. The summed E-state index contributed by atoms with van der Waals surface area (Å²) in [6.07, 6.45) is 0.915. The number of nitrogens with zero attached hydrogens (tertiary/aromatic N) is 1. The molecule has 0 aliphatic carbocycles. The Hall–Kier alpha value is -1.04. The molecule has 1 unspecified atom stereocenters. The highest BCUT2D eigenvalue weighted by Gasteiger charge is 2.32. The molecule has 3 nitrogen and oxygen atoms in total. The van der Waals surface area contributed by atoms with Crippen LogP contribution in [0.1, 0.15) is 17.4 Å². The van der Waals surface area contributed by atoms with Crippen LogP contribution in [-0.2, 0) is 22.3 Å². The van der Waals surface area contributed by atoms with Crippen molar-refractivity contribution in [3.05, 3.63) is 46.2 Å². The fraction of sp³-hybridized carbons (Fsp3) is 0.333. The molecule has 6 heteroatoms. The van der Waals surface area contributed by atoms with Gasteiger partial charge in [0.2, 0.25) is 0 Å². The molecule has 1 aromatic carbocycles. The molecule has 1 aliphatic rings. The van der Waals surface area contributed by atoms with E-state index in [0.717, 1.165) is 22.5 Å². The Labute approximate surface area is 134 Å². The minimum Gasteiger partial charge on any atom is -0.266 e. The van der Waals surface area contributed by atoms with Crippen LogP contribution in [0.15, 0.2) is 40.6 Å². The summed E-state index contributed by atoms with van der Waals surface area (Å²) < 4.78 is 27.4. The number of hydrogen-bond acceptors (Lipinski definition) is 3. The number of anilines is 1. The number of thiophene rings is 1. The average molecular weight is 342 g/mol. The number of rotatable bonds is 3. The maximum Gasteiger partial charge on any atom is 0.265 e. The van der Waals surface area contributed by atoms with E-state index >= 15 is 0 Å². The first-order valence-corrected chi connectivity index (χ1v) is 9.62. The smallest absolute Gasteiger partial charge is 0.265 e. The van der Waals surface area contributed by atoms with Gasteiger partial charge in [-0.05, 0) is 30.0 Å². The van der Waals surface area contributed by atoms with E-state index in [1.165, 1.54) is 15.6 Å². The average Bonchev–Trinajstić information content (AvgIpc) is 2.96. The molecule has 1 aliphatic heterocycles. The van der Waals surface area contributed by atoms with Crippen LogP contribution < -0.4 is 4.31 Å². The first-order chi connectivity index (χ1) is 10.0. The monoisotopic (exact) mass is 341 g/mol. The van der Waals surface area contributed by atoms with Crippen molar-refractivity contribution >= 4 is 38.6 Å². The molecule has 1 aromatic heterocycles. The van der Waals surface area contributed by atoms with Crippen LogP contribution in [0, 0.1) is 5.92 Å². The second kappa shape index (κ2) is 5.63.